The van der Waals surface area contributed by atoms with Gasteiger partial charge in [0.05, 0.1) is 0 Å². The third-order valence-electron chi connectivity index (χ3n) is 13.3. The van der Waals surface area contributed by atoms with Gasteiger partial charge in [0, 0.05) is 17.1 Å². The molecule has 11 aromatic carbocycles. The van der Waals surface area contributed by atoms with Crippen molar-refractivity contribution >= 4 is 45.9 Å². The zero-order chi connectivity index (χ0) is 45.5. The molecule has 0 aliphatic carbocycles. The second-order valence-electron chi connectivity index (χ2n) is 17.3. The van der Waals surface area contributed by atoms with Gasteiger partial charge in [-0.15, -0.1) is 0 Å². The standard InChI is InChI=1S/C66H49NSi/c1-6-16-50(17-7-1)52-26-28-53(29-27-52)57-36-44-61(45-37-57)67(60-42-34-56(35-43-60)51-18-8-2-9-19-51)62-46-38-58(39-47-62)54-30-32-55(33-31-54)59-40-48-66(49-41-59)68(63-20-10-3-11-21-63,64-22-12-4-13-23-64)65-24-14-5-15-25-65/h1-49H. The summed E-state index contributed by atoms with van der Waals surface area (Å²) in [6.07, 6.45) is 0. The van der Waals surface area contributed by atoms with Crippen LogP contribution in [0.1, 0.15) is 0 Å². The number of rotatable bonds is 12. The number of benzene rings is 11. The minimum Gasteiger partial charge on any atom is -0.311 e. The fraction of sp³-hybridized carbons (Fsp3) is 0. The Labute approximate surface area is 401 Å². The average molecular weight is 884 g/mol. The molecule has 0 saturated heterocycles. The molecule has 11 aromatic rings. The molecule has 0 heterocycles. The van der Waals surface area contributed by atoms with E-state index >= 15 is 0 Å². The van der Waals surface area contributed by atoms with Gasteiger partial charge in [0.1, 0.15) is 0 Å². The molecule has 1 nitrogen and oxygen atoms in total. The first kappa shape index (κ1) is 42.1. The Hall–Kier alpha value is -8.56. The molecule has 11 rings (SSSR count). The molecule has 0 atom stereocenters. The van der Waals surface area contributed by atoms with E-state index in [0.29, 0.717) is 0 Å². The maximum atomic E-state index is 2.37. The van der Waals surface area contributed by atoms with Crippen molar-refractivity contribution in [3.8, 4) is 55.6 Å². The number of anilines is 3. The van der Waals surface area contributed by atoms with Crippen LogP contribution in [-0.4, -0.2) is 8.07 Å². The smallest absolute Gasteiger partial charge is 0.179 e. The summed E-state index contributed by atoms with van der Waals surface area (Å²) in [5.41, 5.74) is 15.3. The quantitative estimate of drug-likeness (QED) is 0.0873. The van der Waals surface area contributed by atoms with Crippen LogP contribution < -0.4 is 25.6 Å². The molecule has 0 unspecified atom stereocenters. The molecular formula is C66H49NSi. The van der Waals surface area contributed by atoms with E-state index in [1.807, 2.05) is 0 Å². The van der Waals surface area contributed by atoms with Crippen LogP contribution >= 0.6 is 0 Å². The predicted molar refractivity (Wildman–Crippen MR) is 292 cm³/mol. The molecule has 0 N–H and O–H groups in total. The Morgan fingerprint density at radius 2 is 0.338 bits per heavy atom. The highest BCUT2D eigenvalue weighted by molar-refractivity contribution is 7.19. The van der Waals surface area contributed by atoms with Gasteiger partial charge in [-0.25, -0.2) is 0 Å². The summed E-state index contributed by atoms with van der Waals surface area (Å²) in [7, 11) is -2.58. The van der Waals surface area contributed by atoms with Gasteiger partial charge >= 0.3 is 0 Å². The van der Waals surface area contributed by atoms with Gasteiger partial charge in [0.2, 0.25) is 0 Å². The SMILES string of the molecule is c1ccc(-c2ccc(-c3ccc(N(c4ccc(-c5ccccc5)cc4)c4ccc(-c5ccc(-c6ccc([Si](c7ccccc7)(c7ccccc7)c7ccccc7)cc6)cc5)cc4)cc3)cc2)cc1. The van der Waals surface area contributed by atoms with Crippen LogP contribution in [0.2, 0.25) is 0 Å². The Kier molecular flexibility index (Phi) is 11.8. The van der Waals surface area contributed by atoms with Crippen LogP contribution in [-0.2, 0) is 0 Å². The van der Waals surface area contributed by atoms with Crippen molar-refractivity contribution in [1.82, 2.24) is 0 Å². The van der Waals surface area contributed by atoms with Crippen molar-refractivity contribution in [3.63, 3.8) is 0 Å². The minimum absolute atomic E-state index is 1.10. The zero-order valence-electron chi connectivity index (χ0n) is 37.7. The lowest BCUT2D eigenvalue weighted by Gasteiger charge is -2.34. The van der Waals surface area contributed by atoms with Gasteiger partial charge in [-0.1, -0.05) is 261 Å². The largest absolute Gasteiger partial charge is 0.311 e. The number of nitrogens with zero attached hydrogens (tertiary/aromatic N) is 1. The highest BCUT2D eigenvalue weighted by Gasteiger charge is 2.41. The molecule has 2 heteroatoms. The second-order valence-corrected chi connectivity index (χ2v) is 21.1. The van der Waals surface area contributed by atoms with Crippen molar-refractivity contribution in [2.45, 2.75) is 0 Å². The maximum absolute atomic E-state index is 2.58. The Bertz CT molecular complexity index is 3240. The van der Waals surface area contributed by atoms with Gasteiger partial charge in [0.15, 0.2) is 8.07 Å². The van der Waals surface area contributed by atoms with E-state index in [2.05, 4.69) is 302 Å². The summed E-state index contributed by atoms with van der Waals surface area (Å²) in [5.74, 6) is 0. The van der Waals surface area contributed by atoms with Gasteiger partial charge in [-0.2, -0.15) is 0 Å². The van der Waals surface area contributed by atoms with E-state index in [-0.39, 0.29) is 0 Å². The molecule has 0 amide bonds. The van der Waals surface area contributed by atoms with Crippen LogP contribution in [0.25, 0.3) is 55.6 Å². The topological polar surface area (TPSA) is 3.24 Å². The predicted octanol–water partition coefficient (Wildman–Crippen LogP) is 14.9. The van der Waals surface area contributed by atoms with E-state index in [4.69, 9.17) is 0 Å². The van der Waals surface area contributed by atoms with E-state index in [0.717, 1.165) is 17.1 Å². The molecule has 0 spiro atoms. The molecule has 0 aliphatic rings. The molecule has 68 heavy (non-hydrogen) atoms. The van der Waals surface area contributed by atoms with E-state index in [9.17, 15) is 0 Å². The van der Waals surface area contributed by atoms with Crippen molar-refractivity contribution in [3.05, 3.63) is 297 Å². The normalized spacial score (nSPS) is 11.2. The van der Waals surface area contributed by atoms with Crippen LogP contribution in [0.5, 0.6) is 0 Å². The minimum atomic E-state index is -2.58. The first-order valence-corrected chi connectivity index (χ1v) is 25.4. The molecule has 0 fully saturated rings. The summed E-state index contributed by atoms with van der Waals surface area (Å²) in [5, 5.41) is 5.50. The highest BCUT2D eigenvalue weighted by atomic mass is 28.3. The fourth-order valence-electron chi connectivity index (χ4n) is 9.80. The summed E-state index contributed by atoms with van der Waals surface area (Å²) >= 11 is 0. The molecule has 0 bridgehead atoms. The molecule has 322 valence electrons. The number of hydrogen-bond acceptors (Lipinski definition) is 1. The van der Waals surface area contributed by atoms with Crippen LogP contribution in [0.3, 0.4) is 0 Å². The van der Waals surface area contributed by atoms with Gasteiger partial charge in [-0.3, -0.25) is 0 Å². The van der Waals surface area contributed by atoms with Crippen LogP contribution in [0, 0.1) is 0 Å². The Morgan fingerprint density at radius 1 is 0.162 bits per heavy atom. The lowest BCUT2D eigenvalue weighted by Crippen LogP contribution is -2.74. The Morgan fingerprint density at radius 3 is 0.588 bits per heavy atom. The highest BCUT2D eigenvalue weighted by Crippen LogP contribution is 2.38. The van der Waals surface area contributed by atoms with Gasteiger partial charge in [0.25, 0.3) is 0 Å². The molecule has 0 radical (unpaired) electrons. The zero-order valence-corrected chi connectivity index (χ0v) is 38.7. The van der Waals surface area contributed by atoms with E-state index in [1.165, 1.54) is 76.4 Å². The molecule has 0 aliphatic heterocycles. The maximum Gasteiger partial charge on any atom is 0.179 e. The van der Waals surface area contributed by atoms with E-state index in [1.54, 1.807) is 0 Å². The van der Waals surface area contributed by atoms with Crippen molar-refractivity contribution in [2.75, 3.05) is 4.90 Å². The fourth-order valence-corrected chi connectivity index (χ4v) is 14.5. The summed E-state index contributed by atoms with van der Waals surface area (Å²) < 4.78 is 0. The first-order valence-electron chi connectivity index (χ1n) is 23.4. The monoisotopic (exact) mass is 883 g/mol. The van der Waals surface area contributed by atoms with Gasteiger partial charge < -0.3 is 4.90 Å². The molecule has 0 saturated carbocycles. The van der Waals surface area contributed by atoms with Gasteiger partial charge in [-0.05, 0) is 113 Å². The third kappa shape index (κ3) is 8.42. The second kappa shape index (κ2) is 19.1. The average Bonchev–Trinajstić information content (AvgIpc) is 3.43. The summed E-state index contributed by atoms with van der Waals surface area (Å²) in [6, 6.07) is 108. The van der Waals surface area contributed by atoms with Crippen molar-refractivity contribution in [1.29, 1.82) is 0 Å². The molecule has 0 aromatic heterocycles. The lowest BCUT2D eigenvalue weighted by atomic mass is 9.99. The molecular weight excluding hydrogens is 835 g/mol. The van der Waals surface area contributed by atoms with E-state index < -0.39 is 8.07 Å². The lowest BCUT2D eigenvalue weighted by molar-refractivity contribution is 1.28. The summed E-state index contributed by atoms with van der Waals surface area (Å²) in [6.45, 7) is 0. The van der Waals surface area contributed by atoms with Crippen LogP contribution in [0.4, 0.5) is 17.1 Å². The summed E-state index contributed by atoms with van der Waals surface area (Å²) in [4.78, 5) is 2.35. The van der Waals surface area contributed by atoms with Crippen molar-refractivity contribution in [2.24, 2.45) is 0 Å². The van der Waals surface area contributed by atoms with Crippen molar-refractivity contribution < 1.29 is 0 Å². The number of hydrogen-bond donors (Lipinski definition) is 0. The van der Waals surface area contributed by atoms with Crippen LogP contribution in [0.15, 0.2) is 297 Å². The Balaban J connectivity index is 0.876. The first-order chi connectivity index (χ1) is 33.7. The third-order valence-corrected chi connectivity index (χ3v) is 18.1.